The van der Waals surface area contributed by atoms with E-state index in [0.29, 0.717) is 33.3 Å². The molecule has 8 nitrogen and oxygen atoms in total. The third-order valence-electron chi connectivity index (χ3n) is 2.46. The monoisotopic (exact) mass is 275 g/mol. The number of nitrogens with one attached hydrogen (secondary N) is 2. The summed E-state index contributed by atoms with van der Waals surface area (Å²) < 4.78 is 0. The molecule has 4 N–H and O–H groups in total. The smallest absolute Gasteiger partial charge is 0.251 e. The predicted molar refractivity (Wildman–Crippen MR) is 69.4 cm³/mol. The number of anilines is 1. The highest BCUT2D eigenvalue weighted by atomic mass is 32.1. The molecule has 2 heterocycles. The van der Waals surface area contributed by atoms with Crippen LogP contribution in [-0.4, -0.2) is 31.5 Å². The standard InChI is InChI=1S/C10H9N7OS/c11-10-16-15-8(19-10)4-12-9(18)5-1-2-6-7(3-5)14-17-13-6/h1-3H,4H2,(H2,11,16)(H,12,18)(H,13,14,17). The first kappa shape index (κ1) is 11.5. The SMILES string of the molecule is Nc1nnc(CNC(=O)c2ccc3n[nH]nc3c2)s1. The Balaban J connectivity index is 1.72. The van der Waals surface area contributed by atoms with Crippen molar-refractivity contribution >= 4 is 33.4 Å². The van der Waals surface area contributed by atoms with Gasteiger partial charge in [0, 0.05) is 5.56 Å². The number of aromatic amines is 1. The van der Waals surface area contributed by atoms with E-state index >= 15 is 0 Å². The zero-order valence-electron chi connectivity index (χ0n) is 9.62. The lowest BCUT2D eigenvalue weighted by atomic mass is 10.2. The van der Waals surface area contributed by atoms with Crippen molar-refractivity contribution in [2.75, 3.05) is 5.73 Å². The molecule has 1 amide bonds. The minimum absolute atomic E-state index is 0.210. The topological polar surface area (TPSA) is 122 Å². The Labute approximate surface area is 111 Å². The Morgan fingerprint density at radius 2 is 2.16 bits per heavy atom. The molecule has 96 valence electrons. The first-order valence-corrected chi connectivity index (χ1v) is 6.20. The van der Waals surface area contributed by atoms with Crippen LogP contribution in [0.15, 0.2) is 18.2 Å². The lowest BCUT2D eigenvalue weighted by Gasteiger charge is -2.02. The summed E-state index contributed by atoms with van der Waals surface area (Å²) in [5.41, 5.74) is 7.34. The Morgan fingerprint density at radius 1 is 1.32 bits per heavy atom. The number of nitrogens with zero attached hydrogens (tertiary/aromatic N) is 4. The van der Waals surface area contributed by atoms with Crippen LogP contribution in [0.1, 0.15) is 15.4 Å². The molecule has 0 aliphatic rings. The van der Waals surface area contributed by atoms with Crippen LogP contribution in [0.2, 0.25) is 0 Å². The average molecular weight is 275 g/mol. The van der Waals surface area contributed by atoms with E-state index < -0.39 is 0 Å². The van der Waals surface area contributed by atoms with Gasteiger partial charge in [0.15, 0.2) is 0 Å². The quantitative estimate of drug-likeness (QED) is 0.632. The van der Waals surface area contributed by atoms with Crippen molar-refractivity contribution in [3.8, 4) is 0 Å². The highest BCUT2D eigenvalue weighted by Crippen LogP contribution is 2.12. The van der Waals surface area contributed by atoms with Gasteiger partial charge in [-0.05, 0) is 18.2 Å². The van der Waals surface area contributed by atoms with Crippen LogP contribution in [0.5, 0.6) is 0 Å². The summed E-state index contributed by atoms with van der Waals surface area (Å²) in [5.74, 6) is -0.210. The molecule has 0 bridgehead atoms. The number of nitrogen functional groups attached to an aromatic ring is 1. The van der Waals surface area contributed by atoms with E-state index in [-0.39, 0.29) is 5.91 Å². The molecule has 0 aliphatic carbocycles. The van der Waals surface area contributed by atoms with Gasteiger partial charge in [-0.2, -0.15) is 15.4 Å². The van der Waals surface area contributed by atoms with Crippen LogP contribution < -0.4 is 11.1 Å². The number of aromatic nitrogens is 5. The summed E-state index contributed by atoms with van der Waals surface area (Å²) in [6.45, 7) is 0.296. The normalized spacial score (nSPS) is 10.7. The van der Waals surface area contributed by atoms with Gasteiger partial charge in [-0.1, -0.05) is 11.3 Å². The molecule has 0 radical (unpaired) electrons. The van der Waals surface area contributed by atoms with E-state index in [1.165, 1.54) is 11.3 Å². The van der Waals surface area contributed by atoms with Crippen molar-refractivity contribution in [2.24, 2.45) is 0 Å². The maximum absolute atomic E-state index is 11.9. The Hall–Kier alpha value is -2.55. The third-order valence-corrected chi connectivity index (χ3v) is 3.21. The van der Waals surface area contributed by atoms with E-state index in [1.807, 2.05) is 0 Å². The fraction of sp³-hybridized carbons (Fsp3) is 0.100. The molecule has 0 atom stereocenters. The van der Waals surface area contributed by atoms with Crippen molar-refractivity contribution in [3.05, 3.63) is 28.8 Å². The van der Waals surface area contributed by atoms with Gasteiger partial charge in [0.2, 0.25) is 5.13 Å². The van der Waals surface area contributed by atoms with Crippen LogP contribution in [0.4, 0.5) is 5.13 Å². The summed E-state index contributed by atoms with van der Waals surface area (Å²) in [6.07, 6.45) is 0. The lowest BCUT2D eigenvalue weighted by molar-refractivity contribution is 0.0951. The summed E-state index contributed by atoms with van der Waals surface area (Å²) in [5, 5.41) is 21.6. The highest BCUT2D eigenvalue weighted by Gasteiger charge is 2.09. The van der Waals surface area contributed by atoms with Gasteiger partial charge in [0.1, 0.15) is 16.0 Å². The Morgan fingerprint density at radius 3 is 2.95 bits per heavy atom. The number of hydrogen-bond donors (Lipinski definition) is 3. The summed E-state index contributed by atoms with van der Waals surface area (Å²) in [6, 6.07) is 5.09. The predicted octanol–water partition coefficient (Wildman–Crippen LogP) is 0.322. The number of amides is 1. The van der Waals surface area contributed by atoms with Gasteiger partial charge in [0.05, 0.1) is 6.54 Å². The zero-order chi connectivity index (χ0) is 13.2. The van der Waals surface area contributed by atoms with Crippen molar-refractivity contribution in [1.82, 2.24) is 30.9 Å². The second-order valence-corrected chi connectivity index (χ2v) is 4.84. The van der Waals surface area contributed by atoms with Crippen LogP contribution >= 0.6 is 11.3 Å². The van der Waals surface area contributed by atoms with Gasteiger partial charge in [-0.25, -0.2) is 0 Å². The Bertz CT molecular complexity index is 734. The molecule has 0 aliphatic heterocycles. The number of H-pyrrole nitrogens is 1. The van der Waals surface area contributed by atoms with Gasteiger partial charge in [-0.15, -0.1) is 10.2 Å². The molecule has 0 spiro atoms. The largest absolute Gasteiger partial charge is 0.374 e. The molecule has 3 aromatic rings. The number of fused-ring (bicyclic) bond motifs is 1. The van der Waals surface area contributed by atoms with Gasteiger partial charge in [0.25, 0.3) is 5.91 Å². The number of hydrogen-bond acceptors (Lipinski definition) is 7. The zero-order valence-corrected chi connectivity index (χ0v) is 10.4. The number of carbonyl (C=O) groups excluding carboxylic acids is 1. The Kier molecular flexibility index (Phi) is 2.80. The molecule has 2 aromatic heterocycles. The molecular weight excluding hydrogens is 266 g/mol. The third kappa shape index (κ3) is 2.36. The molecule has 0 fully saturated rings. The highest BCUT2D eigenvalue weighted by molar-refractivity contribution is 7.15. The van der Waals surface area contributed by atoms with Gasteiger partial charge in [-0.3, -0.25) is 4.79 Å². The molecular formula is C10H9N7OS. The number of carbonyl (C=O) groups is 1. The second-order valence-electron chi connectivity index (χ2n) is 3.74. The summed E-state index contributed by atoms with van der Waals surface area (Å²) in [7, 11) is 0. The van der Waals surface area contributed by atoms with E-state index in [9.17, 15) is 4.79 Å². The van der Waals surface area contributed by atoms with E-state index in [1.54, 1.807) is 18.2 Å². The van der Waals surface area contributed by atoms with Crippen LogP contribution in [0, 0.1) is 0 Å². The number of benzene rings is 1. The van der Waals surface area contributed by atoms with E-state index in [4.69, 9.17) is 5.73 Å². The average Bonchev–Trinajstić information content (AvgIpc) is 3.03. The van der Waals surface area contributed by atoms with Crippen LogP contribution in [-0.2, 0) is 6.54 Å². The summed E-state index contributed by atoms with van der Waals surface area (Å²) >= 11 is 1.24. The van der Waals surface area contributed by atoms with E-state index in [2.05, 4.69) is 30.9 Å². The van der Waals surface area contributed by atoms with Gasteiger partial charge < -0.3 is 11.1 Å². The molecule has 0 saturated heterocycles. The van der Waals surface area contributed by atoms with Crippen molar-refractivity contribution in [1.29, 1.82) is 0 Å². The minimum Gasteiger partial charge on any atom is -0.374 e. The van der Waals surface area contributed by atoms with E-state index in [0.717, 1.165) is 0 Å². The first-order valence-electron chi connectivity index (χ1n) is 5.39. The van der Waals surface area contributed by atoms with Gasteiger partial charge >= 0.3 is 0 Å². The van der Waals surface area contributed by atoms with Crippen molar-refractivity contribution < 1.29 is 4.79 Å². The molecule has 9 heteroatoms. The van der Waals surface area contributed by atoms with Crippen molar-refractivity contribution in [2.45, 2.75) is 6.54 Å². The van der Waals surface area contributed by atoms with Crippen molar-refractivity contribution in [3.63, 3.8) is 0 Å². The molecule has 1 aromatic carbocycles. The first-order chi connectivity index (χ1) is 9.22. The maximum atomic E-state index is 11.9. The number of nitrogens with two attached hydrogens (primary N) is 1. The minimum atomic E-state index is -0.210. The van der Waals surface area contributed by atoms with Crippen LogP contribution in [0.25, 0.3) is 11.0 Å². The second kappa shape index (κ2) is 4.61. The molecule has 0 saturated carbocycles. The summed E-state index contributed by atoms with van der Waals surface area (Å²) in [4.78, 5) is 11.9. The molecule has 19 heavy (non-hydrogen) atoms. The maximum Gasteiger partial charge on any atom is 0.251 e. The fourth-order valence-corrected chi connectivity index (χ4v) is 2.13. The molecule has 3 rings (SSSR count). The lowest BCUT2D eigenvalue weighted by Crippen LogP contribution is -2.22. The molecule has 0 unspecified atom stereocenters. The van der Waals surface area contributed by atoms with Crippen LogP contribution in [0.3, 0.4) is 0 Å². The number of rotatable bonds is 3. The fourth-order valence-electron chi connectivity index (χ4n) is 1.58.